The maximum absolute atomic E-state index is 12.4. The molecule has 1 saturated heterocycles. The van der Waals surface area contributed by atoms with Crippen LogP contribution in [-0.4, -0.2) is 36.0 Å². The third kappa shape index (κ3) is 5.59. The van der Waals surface area contributed by atoms with Crippen LogP contribution in [0.4, 0.5) is 4.79 Å². The number of nitrogens with zero attached hydrogens (tertiary/aromatic N) is 1. The van der Waals surface area contributed by atoms with Gasteiger partial charge < -0.3 is 19.2 Å². The highest BCUT2D eigenvalue weighted by Crippen LogP contribution is 2.37. The molecule has 0 aliphatic carbocycles. The average Bonchev–Trinajstić information content (AvgIpc) is 2.71. The molecule has 3 rings (SSSR count). The highest BCUT2D eigenvalue weighted by molar-refractivity contribution is 5.69. The van der Waals surface area contributed by atoms with Gasteiger partial charge in [-0.15, -0.1) is 0 Å². The molecule has 0 spiro atoms. The van der Waals surface area contributed by atoms with Gasteiger partial charge in [-0.05, 0) is 44.4 Å². The van der Waals surface area contributed by atoms with E-state index in [4.69, 9.17) is 9.47 Å². The summed E-state index contributed by atoms with van der Waals surface area (Å²) in [7, 11) is 0. The van der Waals surface area contributed by atoms with Crippen molar-refractivity contribution in [1.29, 1.82) is 0 Å². The van der Waals surface area contributed by atoms with Crippen molar-refractivity contribution >= 4 is 12.4 Å². The van der Waals surface area contributed by atoms with Gasteiger partial charge in [0.15, 0.2) is 0 Å². The number of para-hydroxylation sites is 1. The van der Waals surface area contributed by atoms with Crippen LogP contribution in [0.25, 0.3) is 0 Å². The number of benzene rings is 2. The van der Waals surface area contributed by atoms with Crippen LogP contribution in [-0.2, 0) is 16.1 Å². The quantitative estimate of drug-likeness (QED) is 0.682. The first-order valence-corrected chi connectivity index (χ1v) is 10.1. The Morgan fingerprint density at radius 1 is 1.10 bits per heavy atom. The third-order valence-corrected chi connectivity index (χ3v) is 5.04. The predicted molar refractivity (Wildman–Crippen MR) is 112 cm³/mol. The largest absolute Gasteiger partial charge is 0.489 e. The number of hydrogen-bond donors (Lipinski definition) is 0. The Morgan fingerprint density at radius 2 is 1.79 bits per heavy atom. The summed E-state index contributed by atoms with van der Waals surface area (Å²) >= 11 is 0. The Balaban J connectivity index is 1.72. The molecule has 2 atom stereocenters. The lowest BCUT2D eigenvalue weighted by Crippen LogP contribution is -2.45. The normalized spacial score (nSPS) is 19.5. The van der Waals surface area contributed by atoms with E-state index in [1.165, 1.54) is 0 Å². The van der Waals surface area contributed by atoms with Crippen LogP contribution in [0.1, 0.15) is 44.2 Å². The van der Waals surface area contributed by atoms with Gasteiger partial charge in [-0.2, -0.15) is 0 Å². The van der Waals surface area contributed by atoms with Crippen molar-refractivity contribution in [2.24, 2.45) is 5.92 Å². The van der Waals surface area contributed by atoms with E-state index >= 15 is 0 Å². The number of likely N-dealkylation sites (tertiary alicyclic amines) is 1. The topological polar surface area (TPSA) is 55.8 Å². The van der Waals surface area contributed by atoms with Crippen LogP contribution in [0, 0.1) is 5.92 Å². The number of amides is 1. The number of piperidine rings is 1. The second-order valence-corrected chi connectivity index (χ2v) is 8.43. The lowest BCUT2D eigenvalue weighted by Gasteiger charge is -2.37. The summed E-state index contributed by atoms with van der Waals surface area (Å²) in [6.45, 7) is 6.91. The Bertz CT molecular complexity index is 828. The van der Waals surface area contributed by atoms with Crippen molar-refractivity contribution in [3.05, 3.63) is 65.7 Å². The zero-order valence-electron chi connectivity index (χ0n) is 17.3. The molecule has 0 saturated carbocycles. The van der Waals surface area contributed by atoms with E-state index in [0.29, 0.717) is 26.1 Å². The van der Waals surface area contributed by atoms with Gasteiger partial charge >= 0.3 is 6.09 Å². The van der Waals surface area contributed by atoms with E-state index in [1.807, 2.05) is 75.4 Å². The molecule has 1 aliphatic heterocycles. The van der Waals surface area contributed by atoms with Gasteiger partial charge in [0.25, 0.3) is 0 Å². The molecule has 1 heterocycles. The Kier molecular flexibility index (Phi) is 6.57. The predicted octanol–water partition coefficient (Wildman–Crippen LogP) is 4.81. The van der Waals surface area contributed by atoms with E-state index in [2.05, 4.69) is 0 Å². The minimum absolute atomic E-state index is 0.0122. The van der Waals surface area contributed by atoms with Gasteiger partial charge in [0.2, 0.25) is 0 Å². The van der Waals surface area contributed by atoms with Crippen molar-refractivity contribution in [1.82, 2.24) is 4.90 Å². The molecule has 2 aromatic carbocycles. The number of aldehydes is 1. The van der Waals surface area contributed by atoms with Crippen LogP contribution >= 0.6 is 0 Å². The SMILES string of the molecule is CC(C)(C)OC(=O)N1CCC(c2ccccc2OCc2ccccc2)C(C=O)C1. The molecular weight excluding hydrogens is 366 g/mol. The van der Waals surface area contributed by atoms with E-state index in [0.717, 1.165) is 23.2 Å². The fourth-order valence-electron chi connectivity index (χ4n) is 3.65. The Hall–Kier alpha value is -2.82. The molecule has 5 heteroatoms. The van der Waals surface area contributed by atoms with Crippen molar-refractivity contribution in [3.63, 3.8) is 0 Å². The lowest BCUT2D eigenvalue weighted by atomic mass is 9.81. The van der Waals surface area contributed by atoms with E-state index < -0.39 is 5.60 Å². The monoisotopic (exact) mass is 395 g/mol. The smallest absolute Gasteiger partial charge is 0.410 e. The lowest BCUT2D eigenvalue weighted by molar-refractivity contribution is -0.113. The summed E-state index contributed by atoms with van der Waals surface area (Å²) in [6.07, 6.45) is 1.28. The fourth-order valence-corrected chi connectivity index (χ4v) is 3.65. The highest BCUT2D eigenvalue weighted by atomic mass is 16.6. The molecule has 0 N–H and O–H groups in total. The Morgan fingerprint density at radius 3 is 2.48 bits per heavy atom. The molecule has 0 aromatic heterocycles. The summed E-state index contributed by atoms with van der Waals surface area (Å²) in [5.41, 5.74) is 1.56. The second kappa shape index (κ2) is 9.12. The number of carbonyl (C=O) groups is 2. The minimum Gasteiger partial charge on any atom is -0.489 e. The summed E-state index contributed by atoms with van der Waals surface area (Å²) in [4.78, 5) is 25.9. The molecule has 0 radical (unpaired) electrons. The van der Waals surface area contributed by atoms with Crippen LogP contribution in [0.5, 0.6) is 5.75 Å². The molecule has 1 fully saturated rings. The molecule has 1 aliphatic rings. The third-order valence-electron chi connectivity index (χ3n) is 5.04. The zero-order valence-corrected chi connectivity index (χ0v) is 17.3. The van der Waals surface area contributed by atoms with Gasteiger partial charge in [-0.1, -0.05) is 48.5 Å². The van der Waals surface area contributed by atoms with E-state index in [1.54, 1.807) is 4.90 Å². The van der Waals surface area contributed by atoms with Crippen LogP contribution in [0.3, 0.4) is 0 Å². The molecule has 2 unspecified atom stereocenters. The molecule has 0 bridgehead atoms. The Labute approximate surface area is 172 Å². The summed E-state index contributed by atoms with van der Waals surface area (Å²) in [5.74, 6) is 0.509. The standard InChI is InChI=1S/C24H29NO4/c1-24(2,3)29-23(27)25-14-13-20(19(15-25)16-26)21-11-7-8-12-22(21)28-17-18-9-5-4-6-10-18/h4-12,16,19-20H,13-15,17H2,1-3H3. The summed E-state index contributed by atoms with van der Waals surface area (Å²) in [5, 5.41) is 0. The fraction of sp³-hybridized carbons (Fsp3) is 0.417. The van der Waals surface area contributed by atoms with Gasteiger partial charge in [-0.25, -0.2) is 4.79 Å². The van der Waals surface area contributed by atoms with E-state index in [9.17, 15) is 9.59 Å². The van der Waals surface area contributed by atoms with Crippen LogP contribution < -0.4 is 4.74 Å². The van der Waals surface area contributed by atoms with Crippen LogP contribution in [0.2, 0.25) is 0 Å². The second-order valence-electron chi connectivity index (χ2n) is 8.43. The molecule has 2 aromatic rings. The summed E-state index contributed by atoms with van der Waals surface area (Å²) < 4.78 is 11.6. The average molecular weight is 395 g/mol. The molecular formula is C24H29NO4. The van der Waals surface area contributed by atoms with Crippen LogP contribution in [0.15, 0.2) is 54.6 Å². The summed E-state index contributed by atoms with van der Waals surface area (Å²) in [6, 6.07) is 17.9. The van der Waals surface area contributed by atoms with Crippen molar-refractivity contribution < 1.29 is 19.1 Å². The molecule has 1 amide bonds. The number of hydrogen-bond acceptors (Lipinski definition) is 4. The molecule has 29 heavy (non-hydrogen) atoms. The van der Waals surface area contributed by atoms with Crippen molar-refractivity contribution in [2.45, 2.75) is 45.3 Å². The number of carbonyl (C=O) groups excluding carboxylic acids is 2. The van der Waals surface area contributed by atoms with Gasteiger partial charge in [0.05, 0.1) is 0 Å². The zero-order chi connectivity index (χ0) is 20.9. The first-order valence-electron chi connectivity index (χ1n) is 10.1. The first kappa shape index (κ1) is 20.9. The molecule has 154 valence electrons. The van der Waals surface area contributed by atoms with E-state index in [-0.39, 0.29) is 17.9 Å². The van der Waals surface area contributed by atoms with Gasteiger partial charge in [0.1, 0.15) is 24.2 Å². The minimum atomic E-state index is -0.553. The van der Waals surface area contributed by atoms with Crippen molar-refractivity contribution in [3.8, 4) is 5.75 Å². The van der Waals surface area contributed by atoms with Gasteiger partial charge in [0, 0.05) is 24.9 Å². The maximum atomic E-state index is 12.4. The maximum Gasteiger partial charge on any atom is 0.410 e. The number of rotatable bonds is 5. The highest BCUT2D eigenvalue weighted by Gasteiger charge is 2.35. The van der Waals surface area contributed by atoms with Crippen molar-refractivity contribution in [2.75, 3.05) is 13.1 Å². The first-order chi connectivity index (χ1) is 13.9. The molecule has 5 nitrogen and oxygen atoms in total. The number of ether oxygens (including phenoxy) is 2. The van der Waals surface area contributed by atoms with Gasteiger partial charge in [-0.3, -0.25) is 0 Å².